The van der Waals surface area contributed by atoms with Crippen LogP contribution in [0, 0.1) is 0 Å². The Morgan fingerprint density at radius 3 is 3.00 bits per heavy atom. The van der Waals surface area contributed by atoms with Gasteiger partial charge in [0.2, 0.25) is 0 Å². The average Bonchev–Trinajstić information content (AvgIpc) is 2.91. The third kappa shape index (κ3) is 3.97. The van der Waals surface area contributed by atoms with E-state index in [9.17, 15) is 9.90 Å². The van der Waals surface area contributed by atoms with E-state index in [1.54, 1.807) is 0 Å². The van der Waals surface area contributed by atoms with Crippen molar-refractivity contribution in [2.24, 2.45) is 0 Å². The van der Waals surface area contributed by atoms with Crippen molar-refractivity contribution in [1.82, 2.24) is 10.6 Å². The number of ether oxygens (including phenoxy) is 1. The van der Waals surface area contributed by atoms with Crippen molar-refractivity contribution in [2.75, 3.05) is 19.8 Å². The molecule has 0 bridgehead atoms. The molecule has 18 heavy (non-hydrogen) atoms. The maximum absolute atomic E-state index is 11.6. The Labute approximate surface area is 110 Å². The summed E-state index contributed by atoms with van der Waals surface area (Å²) in [6, 6.07) is 3.69. The number of rotatable bonds is 4. The number of hydrogen-bond donors (Lipinski definition) is 3. The van der Waals surface area contributed by atoms with Crippen LogP contribution in [0.3, 0.4) is 0 Å². The van der Waals surface area contributed by atoms with E-state index >= 15 is 0 Å². The minimum Gasteiger partial charge on any atom is -0.386 e. The fraction of sp³-hybridized carbons (Fsp3) is 0.583. The number of nitrogens with one attached hydrogen (secondary N) is 2. The third-order valence-corrected chi connectivity index (χ3v) is 3.86. The van der Waals surface area contributed by atoms with Gasteiger partial charge < -0.3 is 20.5 Å². The molecule has 2 rings (SSSR count). The van der Waals surface area contributed by atoms with Gasteiger partial charge in [-0.3, -0.25) is 0 Å². The third-order valence-electron chi connectivity index (χ3n) is 2.88. The predicted octanol–water partition coefficient (Wildman–Crippen LogP) is 1.26. The van der Waals surface area contributed by atoms with Crippen LogP contribution in [0.5, 0.6) is 0 Å². The van der Waals surface area contributed by atoms with E-state index in [-0.39, 0.29) is 18.6 Å². The summed E-state index contributed by atoms with van der Waals surface area (Å²) in [5.41, 5.74) is 0. The van der Waals surface area contributed by atoms with Crippen molar-refractivity contribution < 1.29 is 14.6 Å². The number of urea groups is 1. The highest BCUT2D eigenvalue weighted by atomic mass is 32.1. The van der Waals surface area contributed by atoms with Crippen LogP contribution < -0.4 is 10.6 Å². The summed E-state index contributed by atoms with van der Waals surface area (Å²) in [4.78, 5) is 12.5. The van der Waals surface area contributed by atoms with Gasteiger partial charge in [0.05, 0.1) is 6.54 Å². The first-order valence-electron chi connectivity index (χ1n) is 6.09. The van der Waals surface area contributed by atoms with Crippen LogP contribution in [0.1, 0.15) is 23.8 Å². The molecule has 1 aliphatic rings. The normalized spacial score (nSPS) is 18.3. The molecule has 1 saturated heterocycles. The van der Waals surface area contributed by atoms with E-state index in [1.165, 1.54) is 11.3 Å². The molecule has 5 nitrogen and oxygen atoms in total. The van der Waals surface area contributed by atoms with Crippen LogP contribution >= 0.6 is 11.3 Å². The summed E-state index contributed by atoms with van der Waals surface area (Å²) >= 11 is 1.48. The lowest BCUT2D eigenvalue weighted by molar-refractivity contribution is 0.0798. The average molecular weight is 270 g/mol. The molecule has 0 spiro atoms. The maximum atomic E-state index is 11.6. The monoisotopic (exact) mass is 270 g/mol. The van der Waals surface area contributed by atoms with Crippen molar-refractivity contribution in [3.63, 3.8) is 0 Å². The Bertz CT molecular complexity index is 363. The van der Waals surface area contributed by atoms with Crippen molar-refractivity contribution in [2.45, 2.75) is 25.0 Å². The topological polar surface area (TPSA) is 70.6 Å². The number of carbonyl (C=O) groups is 1. The van der Waals surface area contributed by atoms with Crippen molar-refractivity contribution >= 4 is 17.4 Å². The van der Waals surface area contributed by atoms with Gasteiger partial charge in [-0.15, -0.1) is 11.3 Å². The second kappa shape index (κ2) is 6.72. The number of thiophene rings is 1. The van der Waals surface area contributed by atoms with E-state index in [0.717, 1.165) is 17.7 Å². The summed E-state index contributed by atoms with van der Waals surface area (Å²) in [6.07, 6.45) is 1.06. The number of amides is 2. The molecule has 0 aliphatic carbocycles. The fourth-order valence-corrected chi connectivity index (χ4v) is 2.56. The Morgan fingerprint density at radius 1 is 1.56 bits per heavy atom. The molecule has 100 valence electrons. The highest BCUT2D eigenvalue weighted by molar-refractivity contribution is 7.10. The van der Waals surface area contributed by atoms with E-state index in [0.29, 0.717) is 13.2 Å². The first-order chi connectivity index (χ1) is 8.75. The molecule has 1 aliphatic heterocycles. The van der Waals surface area contributed by atoms with Crippen LogP contribution in [0.25, 0.3) is 0 Å². The maximum Gasteiger partial charge on any atom is 0.315 e. The Hall–Kier alpha value is -1.11. The minimum absolute atomic E-state index is 0.178. The van der Waals surface area contributed by atoms with Gasteiger partial charge in [-0.1, -0.05) is 6.07 Å². The second-order valence-corrected chi connectivity index (χ2v) is 5.25. The van der Waals surface area contributed by atoms with E-state index in [2.05, 4.69) is 10.6 Å². The number of carbonyl (C=O) groups excluding carboxylic acids is 1. The summed E-state index contributed by atoms with van der Waals surface area (Å²) in [7, 11) is 0. The fourth-order valence-electron chi connectivity index (χ4n) is 1.85. The molecular formula is C12H18N2O3S. The molecule has 1 aromatic rings. The molecule has 0 aromatic carbocycles. The second-order valence-electron chi connectivity index (χ2n) is 4.27. The van der Waals surface area contributed by atoms with Crippen molar-refractivity contribution in [3.8, 4) is 0 Å². The van der Waals surface area contributed by atoms with Gasteiger partial charge in [0.25, 0.3) is 0 Å². The molecule has 0 saturated carbocycles. The van der Waals surface area contributed by atoms with Gasteiger partial charge >= 0.3 is 6.03 Å². The van der Waals surface area contributed by atoms with Crippen LogP contribution in [0.15, 0.2) is 17.5 Å². The summed E-state index contributed by atoms with van der Waals surface area (Å²) in [6.45, 7) is 1.63. The van der Waals surface area contributed by atoms with Crippen LogP contribution in [-0.2, 0) is 4.74 Å². The minimum atomic E-state index is -0.634. The lowest BCUT2D eigenvalue weighted by Crippen LogP contribution is -2.45. The first kappa shape index (κ1) is 13.3. The van der Waals surface area contributed by atoms with E-state index in [4.69, 9.17) is 4.74 Å². The lowest BCUT2D eigenvalue weighted by atomic mass is 10.1. The summed E-state index contributed by atoms with van der Waals surface area (Å²) < 4.78 is 5.22. The highest BCUT2D eigenvalue weighted by Gasteiger charge is 2.16. The number of aliphatic hydroxyl groups excluding tert-OH is 1. The van der Waals surface area contributed by atoms with Crippen LogP contribution in [-0.4, -0.2) is 36.9 Å². The Kier molecular flexibility index (Phi) is 4.98. The molecule has 1 fully saturated rings. The molecule has 0 unspecified atom stereocenters. The predicted molar refractivity (Wildman–Crippen MR) is 69.7 cm³/mol. The SMILES string of the molecule is O=C(NC[C@H](O)c1cccs1)NC1CCOCC1. The van der Waals surface area contributed by atoms with Crippen molar-refractivity contribution in [3.05, 3.63) is 22.4 Å². The first-order valence-corrected chi connectivity index (χ1v) is 6.97. The quantitative estimate of drug-likeness (QED) is 0.771. The molecule has 1 aromatic heterocycles. The highest BCUT2D eigenvalue weighted by Crippen LogP contribution is 2.17. The standard InChI is InChI=1S/C12H18N2O3S/c15-10(11-2-1-7-18-11)8-13-12(16)14-9-3-5-17-6-4-9/h1-2,7,9-10,15H,3-6,8H2,(H2,13,14,16)/t10-/m0/s1. The zero-order valence-corrected chi connectivity index (χ0v) is 10.9. The van der Waals surface area contributed by atoms with Gasteiger partial charge in [0.15, 0.2) is 0 Å². The van der Waals surface area contributed by atoms with Crippen LogP contribution in [0.2, 0.25) is 0 Å². The molecule has 1 atom stereocenters. The summed E-state index contributed by atoms with van der Waals surface area (Å²) in [5.74, 6) is 0. The smallest absolute Gasteiger partial charge is 0.315 e. The largest absolute Gasteiger partial charge is 0.386 e. The Balaban J connectivity index is 1.68. The molecule has 2 heterocycles. The molecule has 3 N–H and O–H groups in total. The van der Waals surface area contributed by atoms with Gasteiger partial charge in [-0.05, 0) is 24.3 Å². The number of hydrogen-bond acceptors (Lipinski definition) is 4. The molecule has 6 heteroatoms. The van der Waals surface area contributed by atoms with Crippen LogP contribution in [0.4, 0.5) is 4.79 Å². The van der Waals surface area contributed by atoms with Gasteiger partial charge in [0, 0.05) is 24.1 Å². The lowest BCUT2D eigenvalue weighted by Gasteiger charge is -2.23. The van der Waals surface area contributed by atoms with E-state index < -0.39 is 6.10 Å². The zero-order valence-electron chi connectivity index (χ0n) is 10.1. The van der Waals surface area contributed by atoms with Crippen molar-refractivity contribution in [1.29, 1.82) is 0 Å². The summed E-state index contributed by atoms with van der Waals surface area (Å²) in [5, 5.41) is 17.3. The van der Waals surface area contributed by atoms with Gasteiger partial charge in [-0.25, -0.2) is 4.79 Å². The number of aliphatic hydroxyl groups is 1. The zero-order chi connectivity index (χ0) is 12.8. The van der Waals surface area contributed by atoms with Gasteiger partial charge in [0.1, 0.15) is 6.10 Å². The van der Waals surface area contributed by atoms with E-state index in [1.807, 2.05) is 17.5 Å². The van der Waals surface area contributed by atoms with Gasteiger partial charge in [-0.2, -0.15) is 0 Å². The molecule has 2 amide bonds. The Morgan fingerprint density at radius 2 is 2.33 bits per heavy atom. The molecular weight excluding hydrogens is 252 g/mol. The molecule has 0 radical (unpaired) electrons.